The van der Waals surface area contributed by atoms with Gasteiger partial charge in [-0.3, -0.25) is 0 Å². The summed E-state index contributed by atoms with van der Waals surface area (Å²) in [6.07, 6.45) is 1.04. The second kappa shape index (κ2) is 5.63. The maximum Gasteiger partial charge on any atom is 0.151 e. The van der Waals surface area contributed by atoms with Gasteiger partial charge in [0.2, 0.25) is 0 Å². The van der Waals surface area contributed by atoms with E-state index < -0.39 is 32.8 Å². The summed E-state index contributed by atoms with van der Waals surface area (Å²) in [5.41, 5.74) is -0.273. The van der Waals surface area contributed by atoms with Gasteiger partial charge in [-0.15, -0.1) is 0 Å². The van der Waals surface area contributed by atoms with Gasteiger partial charge in [-0.05, 0) is 42.0 Å². The summed E-state index contributed by atoms with van der Waals surface area (Å²) in [4.78, 5) is 0. The normalized spacial score (nSPS) is 15.4. The quantitative estimate of drug-likeness (QED) is 0.855. The van der Waals surface area contributed by atoms with Gasteiger partial charge in [0, 0.05) is 11.8 Å². The van der Waals surface area contributed by atoms with Crippen LogP contribution in [0, 0.1) is 11.6 Å². The van der Waals surface area contributed by atoms with Crippen LogP contribution in [0.4, 0.5) is 8.78 Å². The Morgan fingerprint density at radius 2 is 1.89 bits per heavy atom. The van der Waals surface area contributed by atoms with Crippen LogP contribution >= 0.6 is 15.9 Å². The summed E-state index contributed by atoms with van der Waals surface area (Å²) >= 11 is 2.96. The number of benzene rings is 1. The molecule has 0 amide bonds. The number of rotatable bonds is 4. The summed E-state index contributed by atoms with van der Waals surface area (Å²) in [6.45, 7) is 1.41. The fourth-order valence-electron chi connectivity index (χ4n) is 1.69. The van der Waals surface area contributed by atoms with Gasteiger partial charge in [0.05, 0.1) is 15.8 Å². The van der Waals surface area contributed by atoms with Gasteiger partial charge >= 0.3 is 0 Å². The average Bonchev–Trinajstić information content (AvgIpc) is 2.27. The molecule has 0 spiro atoms. The van der Waals surface area contributed by atoms with E-state index in [1.54, 1.807) is 0 Å². The Morgan fingerprint density at radius 1 is 1.33 bits per heavy atom. The molecule has 3 nitrogen and oxygen atoms in total. The molecular formula is C11H14BrF2NO2S. The van der Waals surface area contributed by atoms with Gasteiger partial charge in [0.1, 0.15) is 11.6 Å². The first-order valence-electron chi connectivity index (χ1n) is 5.19. The molecule has 0 bridgehead atoms. The third-order valence-electron chi connectivity index (χ3n) is 2.85. The lowest BCUT2D eigenvalue weighted by Crippen LogP contribution is -2.34. The van der Waals surface area contributed by atoms with Crippen LogP contribution in [0.2, 0.25) is 0 Å². The van der Waals surface area contributed by atoms with Crippen molar-refractivity contribution in [3.05, 3.63) is 33.8 Å². The first-order chi connectivity index (χ1) is 8.20. The third-order valence-corrected chi connectivity index (χ3v) is 5.08. The van der Waals surface area contributed by atoms with Gasteiger partial charge in [-0.2, -0.15) is 0 Å². The molecule has 102 valence electrons. The lowest BCUT2D eigenvalue weighted by atomic mass is 10.0. The van der Waals surface area contributed by atoms with Crippen LogP contribution in [0.3, 0.4) is 0 Å². The summed E-state index contributed by atoms with van der Waals surface area (Å²) in [5, 5.41) is 1.71. The molecule has 1 rings (SSSR count). The molecule has 2 atom stereocenters. The fraction of sp³-hybridized carbons (Fsp3) is 0.455. The zero-order chi connectivity index (χ0) is 14.1. The van der Waals surface area contributed by atoms with Crippen molar-refractivity contribution in [2.24, 2.45) is 0 Å². The zero-order valence-electron chi connectivity index (χ0n) is 10.2. The van der Waals surface area contributed by atoms with Crippen LogP contribution in [0.25, 0.3) is 0 Å². The smallest absolute Gasteiger partial charge is 0.151 e. The summed E-state index contributed by atoms with van der Waals surface area (Å²) in [7, 11) is -1.96. The van der Waals surface area contributed by atoms with Crippen molar-refractivity contribution in [3.63, 3.8) is 0 Å². The number of halogens is 3. The zero-order valence-corrected chi connectivity index (χ0v) is 12.6. The second-order valence-corrected chi connectivity index (χ2v) is 7.31. The number of hydrogen-bond acceptors (Lipinski definition) is 3. The van der Waals surface area contributed by atoms with Gasteiger partial charge in [0.15, 0.2) is 9.84 Å². The molecule has 0 radical (unpaired) electrons. The SMILES string of the molecule is CNC(c1c(F)ccc(Br)c1F)C(C)S(C)(=O)=O. The minimum atomic E-state index is -3.42. The maximum atomic E-state index is 13.9. The average molecular weight is 342 g/mol. The van der Waals surface area contributed by atoms with Crippen molar-refractivity contribution in [2.75, 3.05) is 13.3 Å². The molecule has 0 fully saturated rings. The van der Waals surface area contributed by atoms with Crippen molar-refractivity contribution < 1.29 is 17.2 Å². The van der Waals surface area contributed by atoms with E-state index in [0.29, 0.717) is 0 Å². The highest BCUT2D eigenvalue weighted by Gasteiger charge is 2.31. The predicted molar refractivity (Wildman–Crippen MR) is 70.2 cm³/mol. The van der Waals surface area contributed by atoms with E-state index in [4.69, 9.17) is 0 Å². The minimum Gasteiger partial charge on any atom is -0.312 e. The van der Waals surface area contributed by atoms with Crippen molar-refractivity contribution in [2.45, 2.75) is 18.2 Å². The summed E-state index contributed by atoms with van der Waals surface area (Å²) in [6, 6.07) is 1.39. The molecule has 0 saturated carbocycles. The molecule has 0 aliphatic heterocycles. The summed E-state index contributed by atoms with van der Waals surface area (Å²) in [5.74, 6) is -1.56. The Kier molecular flexibility index (Phi) is 4.85. The standard InChI is InChI=1S/C11H14BrF2NO2S/c1-6(18(3,16)17)11(15-2)9-8(13)5-4-7(12)10(9)14/h4-6,11,15H,1-3H3. The van der Waals surface area contributed by atoms with Gasteiger partial charge in [0.25, 0.3) is 0 Å². The molecule has 0 saturated heterocycles. The van der Waals surface area contributed by atoms with Crippen LogP contribution < -0.4 is 5.32 Å². The molecule has 1 aromatic carbocycles. The molecule has 0 aromatic heterocycles. The van der Waals surface area contributed by atoms with Crippen molar-refractivity contribution >= 4 is 25.8 Å². The second-order valence-electron chi connectivity index (χ2n) is 4.06. The third kappa shape index (κ3) is 3.07. The number of hydrogen-bond donors (Lipinski definition) is 1. The lowest BCUT2D eigenvalue weighted by Gasteiger charge is -2.23. The highest BCUT2D eigenvalue weighted by molar-refractivity contribution is 9.10. The Labute approximate surface area is 114 Å². The van der Waals surface area contributed by atoms with Crippen LogP contribution in [0.15, 0.2) is 16.6 Å². The van der Waals surface area contributed by atoms with Gasteiger partial charge in [-0.1, -0.05) is 0 Å². The van der Waals surface area contributed by atoms with E-state index in [0.717, 1.165) is 12.3 Å². The highest BCUT2D eigenvalue weighted by atomic mass is 79.9. The first-order valence-corrected chi connectivity index (χ1v) is 7.94. The summed E-state index contributed by atoms with van der Waals surface area (Å²) < 4.78 is 50.8. The molecule has 0 heterocycles. The predicted octanol–water partition coefficient (Wildman–Crippen LogP) is 2.42. The lowest BCUT2D eigenvalue weighted by molar-refractivity contribution is 0.473. The highest BCUT2D eigenvalue weighted by Crippen LogP contribution is 2.30. The number of sulfone groups is 1. The molecule has 7 heteroatoms. The maximum absolute atomic E-state index is 13.9. The largest absolute Gasteiger partial charge is 0.312 e. The van der Waals surface area contributed by atoms with E-state index in [1.165, 1.54) is 20.0 Å². The van der Waals surface area contributed by atoms with Crippen molar-refractivity contribution in [1.29, 1.82) is 0 Å². The topological polar surface area (TPSA) is 46.2 Å². The van der Waals surface area contributed by atoms with Crippen LogP contribution in [-0.2, 0) is 9.84 Å². The van der Waals surface area contributed by atoms with Crippen LogP contribution in [-0.4, -0.2) is 27.0 Å². The van der Waals surface area contributed by atoms with Gasteiger partial charge < -0.3 is 5.32 Å². The monoisotopic (exact) mass is 341 g/mol. The minimum absolute atomic E-state index is 0.0971. The first kappa shape index (κ1) is 15.5. The van der Waals surface area contributed by atoms with E-state index in [-0.39, 0.29) is 10.0 Å². The number of nitrogens with one attached hydrogen (secondary N) is 1. The molecule has 0 aliphatic rings. The molecular weight excluding hydrogens is 328 g/mol. The van der Waals surface area contributed by atoms with Crippen LogP contribution in [0.5, 0.6) is 0 Å². The van der Waals surface area contributed by atoms with E-state index in [1.807, 2.05) is 0 Å². The van der Waals surface area contributed by atoms with Crippen molar-refractivity contribution in [3.8, 4) is 0 Å². The Balaban J connectivity index is 3.39. The van der Waals surface area contributed by atoms with E-state index in [9.17, 15) is 17.2 Å². The Bertz CT molecular complexity index is 548. The van der Waals surface area contributed by atoms with Crippen molar-refractivity contribution in [1.82, 2.24) is 5.32 Å². The van der Waals surface area contributed by atoms with Crippen LogP contribution in [0.1, 0.15) is 18.5 Å². The fourth-order valence-corrected chi connectivity index (χ4v) is 2.80. The molecule has 0 aliphatic carbocycles. The molecule has 18 heavy (non-hydrogen) atoms. The molecule has 2 unspecified atom stereocenters. The van der Waals surface area contributed by atoms with Gasteiger partial charge in [-0.25, -0.2) is 17.2 Å². The molecule has 1 aromatic rings. The van der Waals surface area contributed by atoms with E-state index >= 15 is 0 Å². The van der Waals surface area contributed by atoms with E-state index in [2.05, 4.69) is 21.2 Å². The Morgan fingerprint density at radius 3 is 2.33 bits per heavy atom. The Hall–Kier alpha value is -0.530. The molecule has 1 N–H and O–H groups in total.